The van der Waals surface area contributed by atoms with Gasteiger partial charge in [0, 0.05) is 36.7 Å². The Morgan fingerprint density at radius 2 is 2.11 bits per heavy atom. The molecule has 1 aromatic carbocycles. The van der Waals surface area contributed by atoms with Gasteiger partial charge in [0.25, 0.3) is 0 Å². The van der Waals surface area contributed by atoms with Gasteiger partial charge in [-0.1, -0.05) is 25.3 Å². The highest BCUT2D eigenvalue weighted by atomic mass is 32.2. The first-order chi connectivity index (χ1) is 13.2. The Morgan fingerprint density at radius 3 is 2.89 bits per heavy atom. The third-order valence-electron chi connectivity index (χ3n) is 5.39. The lowest BCUT2D eigenvalue weighted by Gasteiger charge is -2.22. The molecule has 0 bridgehead atoms. The van der Waals surface area contributed by atoms with Crippen LogP contribution in [0, 0.1) is 5.92 Å². The summed E-state index contributed by atoms with van der Waals surface area (Å²) < 4.78 is 5.89. The van der Waals surface area contributed by atoms with Crippen molar-refractivity contribution in [3.05, 3.63) is 24.3 Å². The number of thioether (sulfide) groups is 1. The number of ether oxygens (including phenoxy) is 1. The fourth-order valence-electron chi connectivity index (χ4n) is 3.82. The largest absolute Gasteiger partial charge is 0.378 e. The monoisotopic (exact) mass is 390 g/mol. The number of nitrogens with zero attached hydrogens (tertiary/aromatic N) is 1. The van der Waals surface area contributed by atoms with Crippen LogP contribution in [0.5, 0.6) is 0 Å². The molecule has 148 valence electrons. The summed E-state index contributed by atoms with van der Waals surface area (Å²) in [5.74, 6) is -0.270. The molecule has 5 nitrogen and oxygen atoms in total. The van der Waals surface area contributed by atoms with Crippen molar-refractivity contribution < 1.29 is 14.3 Å². The number of amides is 2. The smallest absolute Gasteiger partial charge is 0.227 e. The number of rotatable bonds is 8. The first-order valence-corrected chi connectivity index (χ1v) is 11.2. The van der Waals surface area contributed by atoms with Crippen molar-refractivity contribution in [3.8, 4) is 0 Å². The zero-order valence-corrected chi connectivity index (χ0v) is 16.9. The van der Waals surface area contributed by atoms with E-state index >= 15 is 0 Å². The standard InChI is InChI=1S/C21H30N2O3S/c1-27-19-10-5-7-17(14-19)23-15-16(13-20(23)24)21(25)22-11-6-12-26-18-8-3-2-4-9-18/h5,7,10,14,16,18H,2-4,6,8-9,11-13,15H2,1H3,(H,22,25). The first-order valence-electron chi connectivity index (χ1n) is 10.0. The first kappa shape index (κ1) is 20.2. The van der Waals surface area contributed by atoms with E-state index in [0.29, 0.717) is 25.8 Å². The lowest BCUT2D eigenvalue weighted by Crippen LogP contribution is -2.34. The SMILES string of the molecule is CSc1cccc(N2CC(C(=O)NCCCOC3CCCCC3)CC2=O)c1. The van der Waals surface area contributed by atoms with Crippen LogP contribution in [0.4, 0.5) is 5.69 Å². The molecule has 1 heterocycles. The molecule has 2 aliphatic rings. The van der Waals surface area contributed by atoms with Gasteiger partial charge in [-0.25, -0.2) is 0 Å². The Morgan fingerprint density at radius 1 is 1.30 bits per heavy atom. The normalized spacial score (nSPS) is 20.9. The van der Waals surface area contributed by atoms with Crippen molar-refractivity contribution in [1.82, 2.24) is 5.32 Å². The van der Waals surface area contributed by atoms with Crippen molar-refractivity contribution in [2.75, 3.05) is 30.9 Å². The van der Waals surface area contributed by atoms with E-state index in [2.05, 4.69) is 5.32 Å². The molecule has 1 aromatic rings. The average Bonchev–Trinajstić information content (AvgIpc) is 3.10. The summed E-state index contributed by atoms with van der Waals surface area (Å²) >= 11 is 1.65. The fraction of sp³-hybridized carbons (Fsp3) is 0.619. The Hall–Kier alpha value is -1.53. The van der Waals surface area contributed by atoms with E-state index in [4.69, 9.17) is 4.74 Å². The van der Waals surface area contributed by atoms with E-state index in [9.17, 15) is 9.59 Å². The van der Waals surface area contributed by atoms with Crippen LogP contribution in [-0.4, -0.2) is 43.9 Å². The van der Waals surface area contributed by atoms with E-state index in [-0.39, 0.29) is 24.2 Å². The maximum atomic E-state index is 12.4. The van der Waals surface area contributed by atoms with Crippen LogP contribution in [0.1, 0.15) is 44.9 Å². The molecule has 0 aromatic heterocycles. The zero-order valence-electron chi connectivity index (χ0n) is 16.1. The van der Waals surface area contributed by atoms with Crippen LogP contribution < -0.4 is 10.2 Å². The van der Waals surface area contributed by atoms with E-state index < -0.39 is 0 Å². The molecule has 1 N–H and O–H groups in total. The number of carbonyl (C=O) groups is 2. The minimum Gasteiger partial charge on any atom is -0.378 e. The number of carbonyl (C=O) groups excluding carboxylic acids is 2. The molecule has 27 heavy (non-hydrogen) atoms. The number of anilines is 1. The Balaban J connectivity index is 1.39. The van der Waals surface area contributed by atoms with Crippen molar-refractivity contribution in [2.45, 2.75) is 55.9 Å². The van der Waals surface area contributed by atoms with Crippen molar-refractivity contribution in [1.29, 1.82) is 0 Å². The van der Waals surface area contributed by atoms with E-state index in [1.54, 1.807) is 16.7 Å². The molecule has 1 saturated heterocycles. The van der Waals surface area contributed by atoms with Gasteiger partial charge in [-0.3, -0.25) is 9.59 Å². The van der Waals surface area contributed by atoms with Gasteiger partial charge in [-0.2, -0.15) is 0 Å². The Labute approximate surface area is 166 Å². The second kappa shape index (κ2) is 10.1. The van der Waals surface area contributed by atoms with Gasteiger partial charge in [0.15, 0.2) is 0 Å². The predicted octanol–water partition coefficient (Wildman–Crippen LogP) is 3.62. The van der Waals surface area contributed by atoms with Gasteiger partial charge >= 0.3 is 0 Å². The predicted molar refractivity (Wildman–Crippen MR) is 109 cm³/mol. The minimum atomic E-state index is -0.269. The fourth-order valence-corrected chi connectivity index (χ4v) is 4.27. The molecule has 1 unspecified atom stereocenters. The molecule has 2 fully saturated rings. The molecular weight excluding hydrogens is 360 g/mol. The highest BCUT2D eigenvalue weighted by molar-refractivity contribution is 7.98. The van der Waals surface area contributed by atoms with E-state index in [1.807, 2.05) is 30.5 Å². The van der Waals surface area contributed by atoms with Gasteiger partial charge < -0.3 is 15.0 Å². The summed E-state index contributed by atoms with van der Waals surface area (Å²) in [5, 5.41) is 2.98. The van der Waals surface area contributed by atoms with Gasteiger partial charge in [0.2, 0.25) is 11.8 Å². The average molecular weight is 391 g/mol. The van der Waals surface area contributed by atoms with E-state index in [1.165, 1.54) is 32.1 Å². The van der Waals surface area contributed by atoms with Crippen LogP contribution in [0.2, 0.25) is 0 Å². The minimum absolute atomic E-state index is 0.0223. The number of benzene rings is 1. The molecule has 1 aliphatic heterocycles. The molecular formula is C21H30N2O3S. The van der Waals surface area contributed by atoms with E-state index in [0.717, 1.165) is 17.0 Å². The highest BCUT2D eigenvalue weighted by Gasteiger charge is 2.35. The van der Waals surface area contributed by atoms with Crippen LogP contribution >= 0.6 is 11.8 Å². The maximum Gasteiger partial charge on any atom is 0.227 e. The molecule has 1 atom stereocenters. The quantitative estimate of drug-likeness (QED) is 0.544. The lowest BCUT2D eigenvalue weighted by molar-refractivity contribution is -0.126. The van der Waals surface area contributed by atoms with Crippen LogP contribution in [0.3, 0.4) is 0 Å². The second-order valence-electron chi connectivity index (χ2n) is 7.38. The Kier molecular flexibility index (Phi) is 7.59. The summed E-state index contributed by atoms with van der Waals surface area (Å²) in [6.45, 7) is 1.77. The topological polar surface area (TPSA) is 58.6 Å². The molecule has 0 spiro atoms. The number of hydrogen-bond donors (Lipinski definition) is 1. The van der Waals surface area contributed by atoms with Gasteiger partial charge in [-0.15, -0.1) is 11.8 Å². The van der Waals surface area contributed by atoms with Crippen LogP contribution in [0.25, 0.3) is 0 Å². The summed E-state index contributed by atoms with van der Waals surface area (Å²) in [7, 11) is 0. The Bertz CT molecular complexity index is 646. The molecule has 1 saturated carbocycles. The number of hydrogen-bond acceptors (Lipinski definition) is 4. The molecule has 0 radical (unpaired) electrons. The highest BCUT2D eigenvalue weighted by Crippen LogP contribution is 2.28. The van der Waals surface area contributed by atoms with Gasteiger partial charge in [-0.05, 0) is 43.7 Å². The molecule has 2 amide bonds. The van der Waals surface area contributed by atoms with Crippen LogP contribution in [-0.2, 0) is 14.3 Å². The van der Waals surface area contributed by atoms with Gasteiger partial charge in [0.05, 0.1) is 12.0 Å². The summed E-state index contributed by atoms with van der Waals surface area (Å²) in [6, 6.07) is 7.91. The lowest BCUT2D eigenvalue weighted by atomic mass is 9.98. The summed E-state index contributed by atoms with van der Waals surface area (Å²) in [4.78, 5) is 27.6. The van der Waals surface area contributed by atoms with Crippen molar-refractivity contribution in [2.24, 2.45) is 5.92 Å². The molecule has 3 rings (SSSR count). The van der Waals surface area contributed by atoms with Crippen LogP contribution in [0.15, 0.2) is 29.2 Å². The summed E-state index contributed by atoms with van der Waals surface area (Å²) in [5.41, 5.74) is 0.878. The number of nitrogens with one attached hydrogen (secondary N) is 1. The third kappa shape index (κ3) is 5.72. The van der Waals surface area contributed by atoms with Crippen molar-refractivity contribution >= 4 is 29.3 Å². The summed E-state index contributed by atoms with van der Waals surface area (Å²) in [6.07, 6.45) is 9.74. The van der Waals surface area contributed by atoms with Gasteiger partial charge in [0.1, 0.15) is 0 Å². The zero-order chi connectivity index (χ0) is 19.1. The molecule has 1 aliphatic carbocycles. The second-order valence-corrected chi connectivity index (χ2v) is 8.26. The molecule has 6 heteroatoms. The third-order valence-corrected chi connectivity index (χ3v) is 6.11. The maximum absolute atomic E-state index is 12.4. The van der Waals surface area contributed by atoms with Crippen molar-refractivity contribution in [3.63, 3.8) is 0 Å².